The summed E-state index contributed by atoms with van der Waals surface area (Å²) in [5.41, 5.74) is 33.2. The maximum atomic E-state index is 6.40. The molecule has 7 nitrogen and oxygen atoms in total. The standard InChI is InChI=1S/C9H17N3.2C3H10N2/c10-8-3-4-9(8,11)12-6-5-7(8)1-2-7;2*1-3(5)2-4/h12H,1-6,10-11H2;2*3H,2,4-5H2,1H3. The van der Waals surface area contributed by atoms with Crippen LogP contribution >= 0.6 is 0 Å². The number of piperidine rings is 1. The molecular weight excluding hydrogens is 278 g/mol. The Bertz CT molecular complexity index is 327. The van der Waals surface area contributed by atoms with Crippen LogP contribution in [-0.4, -0.2) is 42.9 Å². The molecule has 1 aliphatic heterocycles. The Morgan fingerprint density at radius 2 is 1.32 bits per heavy atom. The van der Waals surface area contributed by atoms with Crippen LogP contribution in [0.2, 0.25) is 0 Å². The predicted octanol–water partition coefficient (Wildman–Crippen LogP) is -1.51. The van der Waals surface area contributed by atoms with Crippen molar-refractivity contribution in [2.45, 2.75) is 69.2 Å². The third-order valence-electron chi connectivity index (χ3n) is 5.30. The molecule has 3 rings (SSSR count). The summed E-state index contributed by atoms with van der Waals surface area (Å²) in [7, 11) is 0. The SMILES string of the molecule is CC(N)CN.CC(N)CN.NC12CCC1(N)C1(CCN2)CC1. The van der Waals surface area contributed by atoms with E-state index in [1.807, 2.05) is 13.8 Å². The normalized spacial score (nSPS) is 36.5. The van der Waals surface area contributed by atoms with Gasteiger partial charge in [0.25, 0.3) is 0 Å². The van der Waals surface area contributed by atoms with Gasteiger partial charge in [0.1, 0.15) is 0 Å². The first-order valence-electron chi connectivity index (χ1n) is 8.40. The summed E-state index contributed by atoms with van der Waals surface area (Å²) in [6, 6.07) is 0.324. The summed E-state index contributed by atoms with van der Waals surface area (Å²) >= 11 is 0. The van der Waals surface area contributed by atoms with E-state index in [9.17, 15) is 0 Å². The molecule has 0 amide bonds. The van der Waals surface area contributed by atoms with Crippen LogP contribution in [0.15, 0.2) is 0 Å². The summed E-state index contributed by atoms with van der Waals surface area (Å²) in [4.78, 5) is 0. The van der Waals surface area contributed by atoms with Gasteiger partial charge in [-0.25, -0.2) is 0 Å². The molecule has 22 heavy (non-hydrogen) atoms. The highest BCUT2D eigenvalue weighted by Crippen LogP contribution is 2.65. The van der Waals surface area contributed by atoms with Crippen molar-refractivity contribution in [3.8, 4) is 0 Å². The maximum absolute atomic E-state index is 6.40. The largest absolute Gasteiger partial charge is 0.329 e. The van der Waals surface area contributed by atoms with Crippen molar-refractivity contribution in [1.82, 2.24) is 5.32 Å². The molecule has 2 aliphatic carbocycles. The average molecular weight is 316 g/mol. The lowest BCUT2D eigenvalue weighted by atomic mass is 9.55. The Hall–Kier alpha value is -0.280. The molecule has 1 spiro atoms. The topological polar surface area (TPSA) is 168 Å². The third kappa shape index (κ3) is 3.97. The Balaban J connectivity index is 0.000000206. The average Bonchev–Trinajstić information content (AvgIpc) is 3.26. The lowest BCUT2D eigenvalue weighted by Gasteiger charge is -2.63. The molecule has 4 unspecified atom stereocenters. The van der Waals surface area contributed by atoms with Gasteiger partial charge in [0, 0.05) is 25.2 Å². The van der Waals surface area contributed by atoms with E-state index in [4.69, 9.17) is 34.4 Å². The molecule has 0 aromatic rings. The third-order valence-corrected chi connectivity index (χ3v) is 5.30. The van der Waals surface area contributed by atoms with Gasteiger partial charge in [-0.05, 0) is 57.9 Å². The van der Waals surface area contributed by atoms with E-state index in [0.717, 1.165) is 19.4 Å². The van der Waals surface area contributed by atoms with Gasteiger partial charge in [-0.3, -0.25) is 5.32 Å². The zero-order valence-electron chi connectivity index (χ0n) is 14.3. The second-order valence-corrected chi connectivity index (χ2v) is 7.33. The van der Waals surface area contributed by atoms with Crippen LogP contribution in [0.4, 0.5) is 0 Å². The molecule has 0 bridgehead atoms. The second kappa shape index (κ2) is 7.53. The van der Waals surface area contributed by atoms with Crippen molar-refractivity contribution < 1.29 is 0 Å². The number of fused-ring (bicyclic) bond motifs is 2. The molecule has 13 N–H and O–H groups in total. The highest BCUT2D eigenvalue weighted by molar-refractivity contribution is 5.28. The van der Waals surface area contributed by atoms with E-state index in [1.54, 1.807) is 0 Å². The molecular formula is C15H37N7. The summed E-state index contributed by atoms with van der Waals surface area (Å²) in [5, 5.41) is 3.38. The van der Waals surface area contributed by atoms with Crippen LogP contribution in [0.25, 0.3) is 0 Å². The first kappa shape index (κ1) is 19.8. The van der Waals surface area contributed by atoms with E-state index in [-0.39, 0.29) is 23.3 Å². The van der Waals surface area contributed by atoms with Crippen LogP contribution in [0.1, 0.15) is 46.0 Å². The van der Waals surface area contributed by atoms with Crippen molar-refractivity contribution in [2.24, 2.45) is 39.8 Å². The summed E-state index contributed by atoms with van der Waals surface area (Å²) in [5.74, 6) is 0. The monoisotopic (exact) mass is 315 g/mol. The molecule has 2 saturated carbocycles. The molecule has 1 heterocycles. The van der Waals surface area contributed by atoms with Crippen LogP contribution in [0, 0.1) is 5.41 Å². The van der Waals surface area contributed by atoms with E-state index < -0.39 is 0 Å². The zero-order chi connectivity index (χ0) is 17.0. The molecule has 3 aliphatic rings. The zero-order valence-corrected chi connectivity index (χ0v) is 14.3. The van der Waals surface area contributed by atoms with Crippen LogP contribution < -0.4 is 39.7 Å². The van der Waals surface area contributed by atoms with Crippen molar-refractivity contribution >= 4 is 0 Å². The van der Waals surface area contributed by atoms with Gasteiger partial charge in [-0.1, -0.05) is 0 Å². The van der Waals surface area contributed by atoms with Gasteiger partial charge in [0.2, 0.25) is 0 Å². The fourth-order valence-electron chi connectivity index (χ4n) is 3.24. The van der Waals surface area contributed by atoms with E-state index in [0.29, 0.717) is 18.5 Å². The molecule has 1 saturated heterocycles. The summed E-state index contributed by atoms with van der Waals surface area (Å²) < 4.78 is 0. The van der Waals surface area contributed by atoms with Gasteiger partial charge >= 0.3 is 0 Å². The number of hydrogen-bond acceptors (Lipinski definition) is 7. The lowest BCUT2D eigenvalue weighted by Crippen LogP contribution is -2.85. The minimum Gasteiger partial charge on any atom is -0.329 e. The van der Waals surface area contributed by atoms with Crippen molar-refractivity contribution in [3.63, 3.8) is 0 Å². The predicted molar refractivity (Wildman–Crippen MR) is 92.8 cm³/mol. The first-order chi connectivity index (χ1) is 10.2. The van der Waals surface area contributed by atoms with Crippen molar-refractivity contribution in [3.05, 3.63) is 0 Å². The number of nitrogens with two attached hydrogens (primary N) is 6. The molecule has 4 atom stereocenters. The van der Waals surface area contributed by atoms with Gasteiger partial charge in [0.15, 0.2) is 0 Å². The minimum atomic E-state index is -0.220. The molecule has 3 fully saturated rings. The molecule has 0 radical (unpaired) electrons. The Morgan fingerprint density at radius 3 is 1.55 bits per heavy atom. The van der Waals surface area contributed by atoms with Crippen molar-refractivity contribution in [2.75, 3.05) is 19.6 Å². The highest BCUT2D eigenvalue weighted by atomic mass is 15.2. The van der Waals surface area contributed by atoms with E-state index >= 15 is 0 Å². The second-order valence-electron chi connectivity index (χ2n) is 7.33. The van der Waals surface area contributed by atoms with Crippen molar-refractivity contribution in [1.29, 1.82) is 0 Å². The quantitative estimate of drug-likeness (QED) is 0.325. The lowest BCUT2D eigenvalue weighted by molar-refractivity contribution is -0.0411. The fourth-order valence-corrected chi connectivity index (χ4v) is 3.24. The first-order valence-corrected chi connectivity index (χ1v) is 8.40. The highest BCUT2D eigenvalue weighted by Gasteiger charge is 2.70. The van der Waals surface area contributed by atoms with Gasteiger partial charge < -0.3 is 34.4 Å². The summed E-state index contributed by atoms with van der Waals surface area (Å²) in [6.45, 7) is 5.98. The number of hydrogen-bond donors (Lipinski definition) is 7. The van der Waals surface area contributed by atoms with E-state index in [1.165, 1.54) is 19.3 Å². The molecule has 7 heteroatoms. The van der Waals surface area contributed by atoms with Gasteiger partial charge in [-0.2, -0.15) is 0 Å². The molecule has 132 valence electrons. The Labute approximate surface area is 134 Å². The smallest absolute Gasteiger partial charge is 0.0853 e. The minimum absolute atomic E-state index is 0.0712. The van der Waals surface area contributed by atoms with E-state index in [2.05, 4.69) is 5.32 Å². The molecule has 0 aromatic carbocycles. The maximum Gasteiger partial charge on any atom is 0.0853 e. The Kier molecular flexibility index (Phi) is 6.76. The fraction of sp³-hybridized carbons (Fsp3) is 1.00. The van der Waals surface area contributed by atoms with Gasteiger partial charge in [0.05, 0.1) is 11.2 Å². The van der Waals surface area contributed by atoms with Crippen LogP contribution in [0.3, 0.4) is 0 Å². The van der Waals surface area contributed by atoms with Crippen LogP contribution in [0.5, 0.6) is 0 Å². The molecule has 0 aromatic heterocycles. The van der Waals surface area contributed by atoms with Crippen LogP contribution in [-0.2, 0) is 0 Å². The number of rotatable bonds is 2. The summed E-state index contributed by atoms with van der Waals surface area (Å²) in [6.07, 6.45) is 6.04. The van der Waals surface area contributed by atoms with Gasteiger partial charge in [-0.15, -0.1) is 0 Å². The Morgan fingerprint density at radius 1 is 0.864 bits per heavy atom. The number of nitrogens with one attached hydrogen (secondary N) is 1.